The van der Waals surface area contributed by atoms with Gasteiger partial charge in [-0.2, -0.15) is 9.30 Å². The summed E-state index contributed by atoms with van der Waals surface area (Å²) in [5.41, 5.74) is 0.746. The number of carbonyl (C=O) groups is 2. The van der Waals surface area contributed by atoms with Crippen molar-refractivity contribution >= 4 is 43.5 Å². The summed E-state index contributed by atoms with van der Waals surface area (Å²) in [4.78, 5) is 28.0. The van der Waals surface area contributed by atoms with Crippen molar-refractivity contribution in [2.75, 3.05) is 27.0 Å². The summed E-state index contributed by atoms with van der Waals surface area (Å²) in [5, 5.41) is 0. The van der Waals surface area contributed by atoms with Gasteiger partial charge in [0.05, 0.1) is 30.1 Å². The Bertz CT molecular complexity index is 943. The van der Waals surface area contributed by atoms with Gasteiger partial charge in [0.1, 0.15) is 6.54 Å². The fraction of sp³-hybridized carbons (Fsp3) is 0.357. The van der Waals surface area contributed by atoms with Gasteiger partial charge >= 0.3 is 5.97 Å². The highest BCUT2D eigenvalue weighted by Gasteiger charge is 2.16. The summed E-state index contributed by atoms with van der Waals surface area (Å²) < 4.78 is 30.8. The quantitative estimate of drug-likeness (QED) is 0.699. The molecule has 0 saturated carbocycles. The van der Waals surface area contributed by atoms with Crippen LogP contribution in [0.2, 0.25) is 0 Å². The lowest BCUT2D eigenvalue weighted by atomic mass is 10.3. The number of carbonyl (C=O) groups excluding carboxylic acids is 2. The van der Waals surface area contributed by atoms with E-state index in [1.165, 1.54) is 25.5 Å². The molecule has 0 radical (unpaired) electrons. The molecule has 0 saturated heterocycles. The van der Waals surface area contributed by atoms with Crippen molar-refractivity contribution in [1.29, 1.82) is 0 Å². The third-order valence-corrected chi connectivity index (χ3v) is 5.57. The van der Waals surface area contributed by atoms with E-state index in [1.807, 2.05) is 18.2 Å². The smallest absolute Gasteiger partial charge is 0.325 e. The molecule has 10 heteroatoms. The van der Waals surface area contributed by atoms with Crippen molar-refractivity contribution in [2.24, 2.45) is 4.99 Å². The zero-order valence-corrected chi connectivity index (χ0v) is 15.1. The van der Waals surface area contributed by atoms with Gasteiger partial charge in [0, 0.05) is 7.05 Å². The maximum absolute atomic E-state index is 12.1. The number of rotatable bonds is 5. The molecule has 0 spiro atoms. The van der Waals surface area contributed by atoms with Crippen LogP contribution < -0.4 is 4.80 Å². The minimum atomic E-state index is -3.47. The number of para-hydroxylation sites is 1. The van der Waals surface area contributed by atoms with Crippen LogP contribution in [0, 0.1) is 0 Å². The number of fused-ring (bicyclic) bond motifs is 1. The Labute approximate surface area is 143 Å². The standard InChI is InChI=1S/C14H17N3O5S2/c1-16(24(3,20)21)8-12(18)15-14-17(9-13(19)22-2)10-6-4-5-7-11(10)23-14/h4-7H,8-9H2,1-3H3. The van der Waals surface area contributed by atoms with Gasteiger partial charge in [-0.3, -0.25) is 9.59 Å². The third-order valence-electron chi connectivity index (χ3n) is 3.25. The molecule has 0 fully saturated rings. The van der Waals surface area contributed by atoms with Gasteiger partial charge in [0.15, 0.2) is 4.80 Å². The van der Waals surface area contributed by atoms with Crippen LogP contribution in [0.4, 0.5) is 0 Å². The number of amides is 1. The van der Waals surface area contributed by atoms with Crippen LogP contribution in [-0.4, -0.2) is 56.1 Å². The number of aromatic nitrogens is 1. The molecule has 0 aliphatic carbocycles. The number of hydrogen-bond donors (Lipinski definition) is 0. The molecule has 24 heavy (non-hydrogen) atoms. The van der Waals surface area contributed by atoms with Crippen molar-refractivity contribution in [3.05, 3.63) is 29.1 Å². The number of methoxy groups -OCH3 is 1. The van der Waals surface area contributed by atoms with Gasteiger partial charge in [-0.25, -0.2) is 8.42 Å². The van der Waals surface area contributed by atoms with E-state index in [9.17, 15) is 18.0 Å². The number of hydrogen-bond acceptors (Lipinski definition) is 6. The summed E-state index contributed by atoms with van der Waals surface area (Å²) in [7, 11) is -0.893. The van der Waals surface area contributed by atoms with Crippen molar-refractivity contribution in [3.8, 4) is 0 Å². The van der Waals surface area contributed by atoms with Crippen LogP contribution in [0.25, 0.3) is 10.2 Å². The first-order chi connectivity index (χ1) is 11.2. The van der Waals surface area contributed by atoms with E-state index in [0.717, 1.165) is 20.8 Å². The number of nitrogens with zero attached hydrogens (tertiary/aromatic N) is 3. The lowest BCUT2D eigenvalue weighted by Crippen LogP contribution is -2.31. The van der Waals surface area contributed by atoms with E-state index in [1.54, 1.807) is 10.6 Å². The molecule has 1 amide bonds. The minimum Gasteiger partial charge on any atom is -0.468 e. The molecule has 0 unspecified atom stereocenters. The number of esters is 1. The Balaban J connectivity index is 2.45. The normalized spacial score (nSPS) is 12.8. The molecular formula is C14H17N3O5S2. The Hall–Kier alpha value is -2.04. The van der Waals surface area contributed by atoms with Gasteiger partial charge in [-0.05, 0) is 12.1 Å². The van der Waals surface area contributed by atoms with Gasteiger partial charge in [-0.1, -0.05) is 23.5 Å². The van der Waals surface area contributed by atoms with E-state index in [-0.39, 0.29) is 13.1 Å². The maximum Gasteiger partial charge on any atom is 0.325 e. The molecule has 0 N–H and O–H groups in total. The van der Waals surface area contributed by atoms with Crippen molar-refractivity contribution < 1.29 is 22.7 Å². The molecule has 2 aromatic rings. The maximum atomic E-state index is 12.1. The predicted molar refractivity (Wildman–Crippen MR) is 89.9 cm³/mol. The van der Waals surface area contributed by atoms with Crippen LogP contribution >= 0.6 is 11.3 Å². The van der Waals surface area contributed by atoms with Gasteiger partial charge < -0.3 is 9.30 Å². The lowest BCUT2D eigenvalue weighted by Gasteiger charge is -2.10. The van der Waals surface area contributed by atoms with E-state index >= 15 is 0 Å². The highest BCUT2D eigenvalue weighted by atomic mass is 32.2. The molecule has 0 atom stereocenters. The fourth-order valence-corrected chi connectivity index (χ4v) is 3.29. The highest BCUT2D eigenvalue weighted by Crippen LogP contribution is 2.16. The molecule has 1 heterocycles. The van der Waals surface area contributed by atoms with Crippen LogP contribution in [0.15, 0.2) is 29.3 Å². The second-order valence-electron chi connectivity index (χ2n) is 5.04. The number of sulfonamides is 1. The molecule has 2 rings (SSSR count). The highest BCUT2D eigenvalue weighted by molar-refractivity contribution is 7.88. The lowest BCUT2D eigenvalue weighted by molar-refractivity contribution is -0.141. The topological polar surface area (TPSA) is 98.0 Å². The zero-order chi connectivity index (χ0) is 17.9. The Morgan fingerprint density at radius 2 is 2.00 bits per heavy atom. The summed E-state index contributed by atoms with van der Waals surface area (Å²) in [5.74, 6) is -1.09. The number of likely N-dealkylation sites (N-methyl/N-ethyl adjacent to an activating group) is 1. The number of thiazole rings is 1. The Morgan fingerprint density at radius 3 is 2.62 bits per heavy atom. The summed E-state index contributed by atoms with van der Waals surface area (Å²) in [6.07, 6.45) is 1.01. The van der Waals surface area contributed by atoms with E-state index in [4.69, 9.17) is 0 Å². The second kappa shape index (κ2) is 7.24. The average Bonchev–Trinajstić information content (AvgIpc) is 2.83. The third kappa shape index (κ3) is 4.28. The fourth-order valence-electron chi connectivity index (χ4n) is 1.90. The molecule has 130 valence electrons. The predicted octanol–water partition coefficient (Wildman–Crippen LogP) is 0.195. The second-order valence-corrected chi connectivity index (χ2v) is 8.14. The van der Waals surface area contributed by atoms with E-state index < -0.39 is 21.9 Å². The molecule has 1 aromatic heterocycles. The van der Waals surface area contributed by atoms with Gasteiger partial charge in [-0.15, -0.1) is 0 Å². The summed E-state index contributed by atoms with van der Waals surface area (Å²) in [6, 6.07) is 7.30. The van der Waals surface area contributed by atoms with E-state index in [2.05, 4.69) is 9.73 Å². The largest absolute Gasteiger partial charge is 0.468 e. The summed E-state index contributed by atoms with van der Waals surface area (Å²) in [6.45, 7) is -0.458. The van der Waals surface area contributed by atoms with Crippen LogP contribution in [0.1, 0.15) is 0 Å². The zero-order valence-electron chi connectivity index (χ0n) is 13.4. The average molecular weight is 371 g/mol. The number of benzene rings is 1. The van der Waals surface area contributed by atoms with Crippen LogP contribution in [0.5, 0.6) is 0 Å². The van der Waals surface area contributed by atoms with Gasteiger partial charge in [0.25, 0.3) is 5.91 Å². The van der Waals surface area contributed by atoms with Crippen molar-refractivity contribution in [1.82, 2.24) is 8.87 Å². The molecule has 0 bridgehead atoms. The Morgan fingerprint density at radius 1 is 1.33 bits per heavy atom. The number of ether oxygens (including phenoxy) is 1. The molecule has 1 aromatic carbocycles. The minimum absolute atomic E-state index is 0.0887. The van der Waals surface area contributed by atoms with Crippen molar-refractivity contribution in [3.63, 3.8) is 0 Å². The first kappa shape index (κ1) is 18.3. The molecular weight excluding hydrogens is 354 g/mol. The molecule has 0 aliphatic heterocycles. The SMILES string of the molecule is COC(=O)Cn1c(=NC(=O)CN(C)S(C)(=O)=O)sc2ccccc21. The van der Waals surface area contributed by atoms with Crippen LogP contribution in [0.3, 0.4) is 0 Å². The molecule has 0 aliphatic rings. The summed E-state index contributed by atoms with van der Waals surface area (Å²) >= 11 is 1.24. The van der Waals surface area contributed by atoms with Gasteiger partial charge in [0.2, 0.25) is 10.0 Å². The van der Waals surface area contributed by atoms with Crippen LogP contribution in [-0.2, 0) is 30.9 Å². The molecule has 8 nitrogen and oxygen atoms in total. The van der Waals surface area contributed by atoms with Crippen molar-refractivity contribution in [2.45, 2.75) is 6.54 Å². The first-order valence-electron chi connectivity index (χ1n) is 6.86. The monoisotopic (exact) mass is 371 g/mol. The first-order valence-corrected chi connectivity index (χ1v) is 9.53. The van der Waals surface area contributed by atoms with E-state index in [0.29, 0.717) is 4.80 Å². The Kier molecular flexibility index (Phi) is 5.52.